The maximum absolute atomic E-state index is 12.9. The van der Waals surface area contributed by atoms with Crippen molar-refractivity contribution in [1.29, 1.82) is 0 Å². The molecule has 2 rings (SSSR count). The molecule has 0 radical (unpaired) electrons. The van der Waals surface area contributed by atoms with Crippen LogP contribution in [-0.4, -0.2) is 48.8 Å². The molecule has 2 aromatic rings. The van der Waals surface area contributed by atoms with Crippen molar-refractivity contribution in [1.82, 2.24) is 9.88 Å². The molecule has 0 bridgehead atoms. The van der Waals surface area contributed by atoms with E-state index in [1.807, 2.05) is 31.2 Å². The van der Waals surface area contributed by atoms with Gasteiger partial charge in [-0.15, -0.1) is 11.3 Å². The van der Waals surface area contributed by atoms with Gasteiger partial charge in [0, 0.05) is 30.8 Å². The van der Waals surface area contributed by atoms with Crippen molar-refractivity contribution in [3.05, 3.63) is 45.9 Å². The largest absolute Gasteiger partial charge is 0.464 e. The lowest BCUT2D eigenvalue weighted by Gasteiger charge is -2.22. The Morgan fingerprint density at radius 2 is 1.97 bits per heavy atom. The molecule has 0 aliphatic rings. The summed E-state index contributed by atoms with van der Waals surface area (Å²) in [5.74, 6) is -0.0474. The number of urea groups is 1. The van der Waals surface area contributed by atoms with Crippen molar-refractivity contribution in [2.24, 2.45) is 0 Å². The molecule has 7 nitrogen and oxygen atoms in total. The lowest BCUT2D eigenvalue weighted by atomic mass is 10.0. The maximum atomic E-state index is 12.9. The molecule has 0 unspecified atom stereocenters. The Bertz CT molecular complexity index is 789. The summed E-state index contributed by atoms with van der Waals surface area (Å²) in [6.07, 6.45) is 0.711. The molecule has 1 aromatic heterocycles. The zero-order valence-corrected chi connectivity index (χ0v) is 18.3. The zero-order valence-electron chi connectivity index (χ0n) is 17.4. The maximum Gasteiger partial charge on any atom is 0.357 e. The zero-order chi connectivity index (χ0) is 21.2. The molecule has 1 heterocycles. The van der Waals surface area contributed by atoms with Crippen LogP contribution >= 0.6 is 11.3 Å². The highest BCUT2D eigenvalue weighted by atomic mass is 32.1. The van der Waals surface area contributed by atoms with Gasteiger partial charge in [-0.1, -0.05) is 26.0 Å². The summed E-state index contributed by atoms with van der Waals surface area (Å²) in [5.41, 5.74) is 2.21. The second-order valence-electron chi connectivity index (χ2n) is 6.80. The lowest BCUT2D eigenvalue weighted by Crippen LogP contribution is -2.35. The average Bonchev–Trinajstić information content (AvgIpc) is 3.18. The molecule has 1 N–H and O–H groups in total. The van der Waals surface area contributed by atoms with Crippen molar-refractivity contribution in [2.75, 3.05) is 32.2 Å². The fourth-order valence-electron chi connectivity index (χ4n) is 2.65. The number of carbonyl (C=O) groups excluding carboxylic acids is 2. The Balaban J connectivity index is 2.06. The standard InChI is InChI=1S/C21H29N3O4S/c1-5-28-12-6-11-24(13-19-23-18(14-29-19)20(25)27-4)21(26)22-17-9-7-16(8-10-17)15(2)3/h7-10,14-15H,5-6,11-13H2,1-4H3,(H,22,26). The summed E-state index contributed by atoms with van der Waals surface area (Å²) in [7, 11) is 1.32. The number of nitrogens with zero attached hydrogens (tertiary/aromatic N) is 2. The van der Waals surface area contributed by atoms with Gasteiger partial charge in [0.05, 0.1) is 13.7 Å². The van der Waals surface area contributed by atoms with Crippen LogP contribution in [0.25, 0.3) is 0 Å². The number of nitrogens with one attached hydrogen (secondary N) is 1. The van der Waals surface area contributed by atoms with Crippen LogP contribution in [0.1, 0.15) is 54.2 Å². The molecule has 2 amide bonds. The highest BCUT2D eigenvalue weighted by molar-refractivity contribution is 7.09. The summed E-state index contributed by atoms with van der Waals surface area (Å²) in [6.45, 7) is 8.24. The van der Waals surface area contributed by atoms with Crippen LogP contribution in [0.5, 0.6) is 0 Å². The van der Waals surface area contributed by atoms with Crippen LogP contribution in [0.4, 0.5) is 10.5 Å². The molecule has 0 aliphatic carbocycles. The number of thiazole rings is 1. The number of rotatable bonds is 10. The van der Waals surface area contributed by atoms with E-state index in [1.165, 1.54) is 24.0 Å². The third-order valence-electron chi connectivity index (χ3n) is 4.31. The van der Waals surface area contributed by atoms with Gasteiger partial charge in [0.15, 0.2) is 5.69 Å². The van der Waals surface area contributed by atoms with Gasteiger partial charge in [-0.05, 0) is 37.0 Å². The number of hydrogen-bond donors (Lipinski definition) is 1. The van der Waals surface area contributed by atoms with Gasteiger partial charge in [-0.3, -0.25) is 0 Å². The molecule has 29 heavy (non-hydrogen) atoms. The molecular weight excluding hydrogens is 390 g/mol. The number of aromatic nitrogens is 1. The van der Waals surface area contributed by atoms with E-state index < -0.39 is 5.97 Å². The summed E-state index contributed by atoms with van der Waals surface area (Å²) in [5, 5.41) is 5.26. The minimum absolute atomic E-state index is 0.214. The molecule has 0 fully saturated rings. The van der Waals surface area contributed by atoms with Crippen molar-refractivity contribution in [3.8, 4) is 0 Å². The third-order valence-corrected chi connectivity index (χ3v) is 5.14. The van der Waals surface area contributed by atoms with E-state index in [9.17, 15) is 9.59 Å². The minimum Gasteiger partial charge on any atom is -0.464 e. The van der Waals surface area contributed by atoms with Gasteiger partial charge >= 0.3 is 12.0 Å². The van der Waals surface area contributed by atoms with Crippen LogP contribution in [0, 0.1) is 0 Å². The lowest BCUT2D eigenvalue weighted by molar-refractivity contribution is 0.0594. The monoisotopic (exact) mass is 419 g/mol. The Morgan fingerprint density at radius 1 is 1.24 bits per heavy atom. The number of ether oxygens (including phenoxy) is 2. The molecule has 0 atom stereocenters. The summed E-state index contributed by atoms with van der Waals surface area (Å²) in [6, 6.07) is 7.63. The van der Waals surface area contributed by atoms with Crippen LogP contribution in [0.3, 0.4) is 0 Å². The predicted molar refractivity (Wildman–Crippen MR) is 115 cm³/mol. The molecule has 0 aliphatic heterocycles. The van der Waals surface area contributed by atoms with Crippen LogP contribution in [0.2, 0.25) is 0 Å². The Kier molecular flexibility index (Phi) is 9.08. The van der Waals surface area contributed by atoms with E-state index in [1.54, 1.807) is 10.3 Å². The number of anilines is 1. The van der Waals surface area contributed by atoms with E-state index in [4.69, 9.17) is 9.47 Å². The summed E-state index contributed by atoms with van der Waals surface area (Å²) < 4.78 is 10.1. The third kappa shape index (κ3) is 7.14. The first-order chi connectivity index (χ1) is 13.9. The fraction of sp³-hybridized carbons (Fsp3) is 0.476. The first kappa shape index (κ1) is 22.8. The van der Waals surface area contributed by atoms with Gasteiger partial charge in [-0.25, -0.2) is 14.6 Å². The van der Waals surface area contributed by atoms with E-state index in [-0.39, 0.29) is 11.7 Å². The molecule has 1 aromatic carbocycles. The summed E-state index contributed by atoms with van der Waals surface area (Å²) in [4.78, 5) is 30.4. The van der Waals surface area contributed by atoms with Crippen molar-refractivity contribution in [2.45, 2.75) is 39.7 Å². The average molecular weight is 420 g/mol. The number of esters is 1. The Labute approximate surface area is 176 Å². The second kappa shape index (κ2) is 11.5. The molecule has 0 spiro atoms. The van der Waals surface area contributed by atoms with Gasteiger partial charge in [-0.2, -0.15) is 0 Å². The SMILES string of the molecule is CCOCCCN(Cc1nc(C(=O)OC)cs1)C(=O)Nc1ccc(C(C)C)cc1. The topological polar surface area (TPSA) is 80.8 Å². The first-order valence-electron chi connectivity index (χ1n) is 9.71. The van der Waals surface area contributed by atoms with E-state index >= 15 is 0 Å². The van der Waals surface area contributed by atoms with Gasteiger partial charge < -0.3 is 19.7 Å². The molecule has 0 saturated heterocycles. The smallest absolute Gasteiger partial charge is 0.357 e. The van der Waals surface area contributed by atoms with Crippen molar-refractivity contribution in [3.63, 3.8) is 0 Å². The van der Waals surface area contributed by atoms with Crippen LogP contribution < -0.4 is 5.32 Å². The summed E-state index contributed by atoms with van der Waals surface area (Å²) >= 11 is 1.33. The number of methoxy groups -OCH3 is 1. The Hall–Kier alpha value is -2.45. The van der Waals surface area contributed by atoms with Crippen LogP contribution in [0.15, 0.2) is 29.6 Å². The first-order valence-corrected chi connectivity index (χ1v) is 10.6. The van der Waals surface area contributed by atoms with Crippen molar-refractivity contribution < 1.29 is 19.1 Å². The van der Waals surface area contributed by atoms with Crippen molar-refractivity contribution >= 4 is 29.0 Å². The van der Waals surface area contributed by atoms with E-state index in [0.717, 1.165) is 5.69 Å². The molecular formula is C21H29N3O4S. The van der Waals surface area contributed by atoms with E-state index in [2.05, 4.69) is 24.1 Å². The normalized spacial score (nSPS) is 10.8. The number of hydrogen-bond acceptors (Lipinski definition) is 6. The predicted octanol–water partition coefficient (Wildman–Crippen LogP) is 4.51. The van der Waals surface area contributed by atoms with Gasteiger partial charge in [0.2, 0.25) is 0 Å². The minimum atomic E-state index is -0.481. The number of amides is 2. The highest BCUT2D eigenvalue weighted by Crippen LogP contribution is 2.18. The Morgan fingerprint density at radius 3 is 2.59 bits per heavy atom. The van der Waals surface area contributed by atoms with Gasteiger partial charge in [0.25, 0.3) is 0 Å². The van der Waals surface area contributed by atoms with Gasteiger partial charge in [0.1, 0.15) is 5.01 Å². The molecule has 8 heteroatoms. The fourth-order valence-corrected chi connectivity index (χ4v) is 3.43. The van der Waals surface area contributed by atoms with E-state index in [0.29, 0.717) is 43.6 Å². The molecule has 0 saturated carbocycles. The highest BCUT2D eigenvalue weighted by Gasteiger charge is 2.18. The number of carbonyl (C=O) groups is 2. The van der Waals surface area contributed by atoms with Crippen LogP contribution in [-0.2, 0) is 16.0 Å². The number of benzene rings is 1. The molecule has 158 valence electrons. The quantitative estimate of drug-likeness (QED) is 0.453. The second-order valence-corrected chi connectivity index (χ2v) is 7.74.